The molecule has 2 rings (SSSR count). The number of anilines is 1. The van der Waals surface area contributed by atoms with Crippen molar-refractivity contribution in [1.82, 2.24) is 4.90 Å². The summed E-state index contributed by atoms with van der Waals surface area (Å²) in [5.41, 5.74) is 2.14. The Morgan fingerprint density at radius 2 is 1.71 bits per heavy atom. The number of alkyl halides is 9. The van der Waals surface area contributed by atoms with Gasteiger partial charge in [0.1, 0.15) is 11.9 Å². The van der Waals surface area contributed by atoms with Crippen molar-refractivity contribution in [2.45, 2.75) is 51.3 Å². The van der Waals surface area contributed by atoms with Gasteiger partial charge in [-0.05, 0) is 55.3 Å². The molecule has 0 spiro atoms. The van der Waals surface area contributed by atoms with E-state index in [2.05, 4.69) is 11.3 Å². The largest absolute Gasteiger partial charge is 0.573 e. The Kier molecular flexibility index (Phi) is 7.77. The van der Waals surface area contributed by atoms with E-state index in [1.165, 1.54) is 6.92 Å². The predicted octanol–water partition coefficient (Wildman–Crippen LogP) is 6.43. The lowest BCUT2D eigenvalue weighted by Crippen LogP contribution is -2.34. The summed E-state index contributed by atoms with van der Waals surface area (Å²) in [4.78, 5) is 13.3. The zero-order valence-electron chi connectivity index (χ0n) is 18.1. The zero-order chi connectivity index (χ0) is 26.9. The van der Waals surface area contributed by atoms with E-state index in [0.29, 0.717) is 13.0 Å². The van der Waals surface area contributed by atoms with Gasteiger partial charge in [0, 0.05) is 11.3 Å². The lowest BCUT2D eigenvalue weighted by molar-refractivity contribution is -0.274. The minimum absolute atomic E-state index is 0.00572. The monoisotopic (exact) mass is 518 g/mol. The second-order valence-corrected chi connectivity index (χ2v) is 7.58. The van der Waals surface area contributed by atoms with Crippen LogP contribution >= 0.6 is 0 Å². The lowest BCUT2D eigenvalue weighted by atomic mass is 10.0. The summed E-state index contributed by atoms with van der Waals surface area (Å²) < 4.78 is 124. The minimum Gasteiger partial charge on any atom is -0.439 e. The third kappa shape index (κ3) is 7.33. The van der Waals surface area contributed by atoms with Gasteiger partial charge in [-0.3, -0.25) is 4.90 Å². The van der Waals surface area contributed by atoms with Gasteiger partial charge in [0.05, 0.1) is 18.2 Å². The number of amides is 1. The van der Waals surface area contributed by atoms with Crippen molar-refractivity contribution >= 4 is 11.8 Å². The Bertz CT molecular complexity index is 1040. The smallest absolute Gasteiger partial charge is 0.439 e. The summed E-state index contributed by atoms with van der Waals surface area (Å²) in [5.74, 6) is -0.618. The number of carbonyl (C=O) groups is 1. The first kappa shape index (κ1) is 27.9. The van der Waals surface area contributed by atoms with Crippen LogP contribution in [-0.2, 0) is 11.3 Å². The van der Waals surface area contributed by atoms with Gasteiger partial charge >= 0.3 is 24.8 Å². The maximum atomic E-state index is 13.3. The van der Waals surface area contributed by atoms with Crippen LogP contribution in [0.5, 0.6) is 5.75 Å². The molecule has 14 heteroatoms. The molecule has 2 N–H and O–H groups in total. The minimum atomic E-state index is -5.17. The highest BCUT2D eigenvalue weighted by Gasteiger charge is 2.42. The molecule has 1 saturated heterocycles. The molecule has 0 bridgehead atoms. The zero-order valence-corrected chi connectivity index (χ0v) is 18.1. The van der Waals surface area contributed by atoms with E-state index in [0.717, 1.165) is 23.1 Å². The molecule has 1 amide bonds. The number of hydrogen-bond donors (Lipinski definition) is 1. The first-order valence-corrected chi connectivity index (χ1v) is 9.64. The third-order valence-electron chi connectivity index (χ3n) is 4.93. The highest BCUT2D eigenvalue weighted by atomic mass is 19.4. The molecule has 0 saturated carbocycles. The van der Waals surface area contributed by atoms with Crippen LogP contribution in [0.1, 0.15) is 19.4 Å². The number of nitrogens with zero attached hydrogens (tertiary/aromatic N) is 1. The first-order valence-electron chi connectivity index (χ1n) is 9.64. The first-order chi connectivity index (χ1) is 15.8. The summed E-state index contributed by atoms with van der Waals surface area (Å²) >= 11 is 0. The van der Waals surface area contributed by atoms with Gasteiger partial charge in [0.25, 0.3) is 0 Å². The normalized spacial score (nSPS) is 20.2. The van der Waals surface area contributed by atoms with Crippen LogP contribution < -0.4 is 10.5 Å². The molecule has 1 aromatic rings. The molecule has 35 heavy (non-hydrogen) atoms. The maximum Gasteiger partial charge on any atom is 0.573 e. The van der Waals surface area contributed by atoms with Crippen LogP contribution in [0.2, 0.25) is 0 Å². The number of halogens is 9. The molecule has 0 aromatic heterocycles. The highest BCUT2D eigenvalue weighted by Crippen LogP contribution is 2.35. The third-order valence-corrected chi connectivity index (χ3v) is 4.93. The van der Waals surface area contributed by atoms with Gasteiger partial charge in [0.15, 0.2) is 0 Å². The number of nitrogen functional groups attached to an aromatic ring is 1. The average Bonchev–Trinajstić information content (AvgIpc) is 2.95. The van der Waals surface area contributed by atoms with Crippen LogP contribution in [-0.4, -0.2) is 41.9 Å². The Labute approximate surface area is 193 Å². The van der Waals surface area contributed by atoms with Crippen LogP contribution in [0, 0.1) is 0 Å². The highest BCUT2D eigenvalue weighted by molar-refractivity contribution is 5.72. The molecule has 0 unspecified atom stereocenters. The molecule has 1 aliphatic rings. The van der Waals surface area contributed by atoms with Crippen molar-refractivity contribution in [2.24, 2.45) is 0 Å². The fourth-order valence-electron chi connectivity index (χ4n) is 3.10. The number of ether oxygens (including phenoxy) is 2. The number of hydrogen-bond acceptors (Lipinski definition) is 4. The number of nitrogens with two attached hydrogens (primary N) is 1. The Hall–Kier alpha value is -3.32. The van der Waals surface area contributed by atoms with Crippen molar-refractivity contribution < 1.29 is 53.8 Å². The molecular weight excluding hydrogens is 499 g/mol. The van der Waals surface area contributed by atoms with Gasteiger partial charge in [-0.2, -0.15) is 26.3 Å². The molecule has 1 heterocycles. The average molecular weight is 518 g/mol. The van der Waals surface area contributed by atoms with E-state index in [1.54, 1.807) is 0 Å². The maximum absolute atomic E-state index is 13.3. The van der Waals surface area contributed by atoms with Gasteiger partial charge in [-0.1, -0.05) is 6.58 Å². The second-order valence-electron chi connectivity index (χ2n) is 7.58. The predicted molar refractivity (Wildman–Crippen MR) is 106 cm³/mol. The van der Waals surface area contributed by atoms with Crippen molar-refractivity contribution in [3.8, 4) is 5.75 Å². The van der Waals surface area contributed by atoms with E-state index in [9.17, 15) is 44.3 Å². The van der Waals surface area contributed by atoms with Crippen LogP contribution in [0.4, 0.5) is 50.0 Å². The fraction of sp³-hybridized carbons (Fsp3) is 0.381. The van der Waals surface area contributed by atoms with Crippen molar-refractivity contribution in [2.75, 3.05) is 5.73 Å². The summed E-state index contributed by atoms with van der Waals surface area (Å²) in [6.45, 7) is 4.82. The van der Waals surface area contributed by atoms with Gasteiger partial charge in [-0.25, -0.2) is 4.79 Å². The van der Waals surface area contributed by atoms with E-state index < -0.39 is 66.0 Å². The fourth-order valence-corrected chi connectivity index (χ4v) is 3.10. The molecule has 0 aliphatic carbocycles. The van der Waals surface area contributed by atoms with Crippen LogP contribution in [0.15, 0.2) is 53.6 Å². The molecular formula is C21H19F9N2O3. The number of cyclic esters (lactones) is 1. The number of rotatable bonds is 6. The van der Waals surface area contributed by atoms with Crippen LogP contribution in [0.3, 0.4) is 0 Å². The molecule has 1 aliphatic heterocycles. The van der Waals surface area contributed by atoms with E-state index in [4.69, 9.17) is 10.5 Å². The van der Waals surface area contributed by atoms with Gasteiger partial charge < -0.3 is 15.2 Å². The number of carbonyl (C=O) groups excluding carboxylic acids is 1. The molecule has 5 nitrogen and oxygen atoms in total. The Balaban J connectivity index is 2.30. The SMILES string of the molecule is C=C(/C=C(\C=C(/C)C(F)(F)F)C(F)(F)F)[C@H]1OC(=O)N(Cc2cc(OC(F)(F)F)ccc2N)[C@H]1C. The summed E-state index contributed by atoms with van der Waals surface area (Å²) in [5, 5.41) is 0. The van der Waals surface area contributed by atoms with Crippen molar-refractivity contribution in [3.63, 3.8) is 0 Å². The lowest BCUT2D eigenvalue weighted by Gasteiger charge is -2.22. The quantitative estimate of drug-likeness (QED) is 0.268. The van der Waals surface area contributed by atoms with Gasteiger partial charge in [-0.15, -0.1) is 13.2 Å². The van der Waals surface area contributed by atoms with Crippen molar-refractivity contribution in [1.29, 1.82) is 0 Å². The summed E-state index contributed by atoms with van der Waals surface area (Å²) in [6, 6.07) is 1.98. The van der Waals surface area contributed by atoms with Gasteiger partial charge in [0.2, 0.25) is 0 Å². The molecule has 2 atom stereocenters. The summed E-state index contributed by atoms with van der Waals surface area (Å²) in [7, 11) is 0. The summed E-state index contributed by atoms with van der Waals surface area (Å²) in [6.07, 6.45) is -17.4. The molecule has 194 valence electrons. The molecule has 0 radical (unpaired) electrons. The van der Waals surface area contributed by atoms with E-state index in [-0.39, 0.29) is 17.3 Å². The second kappa shape index (κ2) is 9.74. The van der Waals surface area contributed by atoms with Crippen LogP contribution in [0.25, 0.3) is 0 Å². The van der Waals surface area contributed by atoms with E-state index >= 15 is 0 Å². The number of benzene rings is 1. The topological polar surface area (TPSA) is 64.8 Å². The Morgan fingerprint density at radius 1 is 1.11 bits per heavy atom. The van der Waals surface area contributed by atoms with Crippen molar-refractivity contribution in [3.05, 3.63) is 59.2 Å². The standard InChI is InChI=1S/C21H19F9N2O3/c1-10(6-14(20(25,26)27)7-11(2)19(22,23)24)17-12(3)32(18(33)34-17)9-13-8-15(4-5-16(13)31)35-21(28,29)30/h4-8,12,17H,1,9,31H2,2-3H3/b11-7+,14-6+/t12-,17+/m0/s1. The molecule has 1 aromatic carbocycles. The van der Waals surface area contributed by atoms with E-state index in [1.807, 2.05) is 0 Å². The molecule has 1 fully saturated rings. The Morgan fingerprint density at radius 3 is 2.23 bits per heavy atom. The number of allylic oxidation sites excluding steroid dienone is 3.